The number of benzene rings is 2. The number of rotatable bonds is 5. The first-order chi connectivity index (χ1) is 10.0. The van der Waals surface area contributed by atoms with Gasteiger partial charge in [0.2, 0.25) is 0 Å². The quantitative estimate of drug-likeness (QED) is 0.910. The van der Waals surface area contributed by atoms with Crippen molar-refractivity contribution in [2.45, 2.75) is 6.92 Å². The van der Waals surface area contributed by atoms with E-state index in [0.29, 0.717) is 24.5 Å². The zero-order valence-electron chi connectivity index (χ0n) is 11.1. The van der Waals surface area contributed by atoms with Gasteiger partial charge in [-0.1, -0.05) is 6.07 Å². The van der Waals surface area contributed by atoms with Crippen molar-refractivity contribution in [1.82, 2.24) is 0 Å². The van der Waals surface area contributed by atoms with Crippen molar-refractivity contribution in [1.29, 1.82) is 0 Å². The molecule has 110 valence electrons. The highest BCUT2D eigenvalue weighted by Gasteiger charge is 2.16. The van der Waals surface area contributed by atoms with E-state index in [1.54, 1.807) is 19.1 Å². The number of ether oxygens (including phenoxy) is 2. The van der Waals surface area contributed by atoms with Crippen molar-refractivity contribution in [2.75, 3.05) is 6.61 Å². The molecule has 0 unspecified atom stereocenters. The molecular weight excluding hydrogens is 282 g/mol. The summed E-state index contributed by atoms with van der Waals surface area (Å²) in [4.78, 5) is 10.7. The second-order valence-corrected chi connectivity index (χ2v) is 4.08. The normalized spacial score (nSPS) is 10.2. The van der Waals surface area contributed by atoms with Crippen LogP contribution in [-0.2, 0) is 0 Å². The molecule has 0 spiro atoms. The van der Waals surface area contributed by atoms with E-state index >= 15 is 0 Å². The zero-order valence-corrected chi connectivity index (χ0v) is 11.1. The SMILES string of the molecule is CCOc1cccc(Oc2c(F)cc(C(=O)O)cc2F)c1. The number of carboxylic acid groups (broad SMARTS) is 1. The lowest BCUT2D eigenvalue weighted by molar-refractivity contribution is 0.0695. The van der Waals surface area contributed by atoms with Gasteiger partial charge in [-0.15, -0.1) is 0 Å². The summed E-state index contributed by atoms with van der Waals surface area (Å²) in [6.07, 6.45) is 0. The van der Waals surface area contributed by atoms with Gasteiger partial charge in [-0.3, -0.25) is 0 Å². The van der Waals surface area contributed by atoms with E-state index in [4.69, 9.17) is 14.6 Å². The van der Waals surface area contributed by atoms with Crippen molar-refractivity contribution in [3.63, 3.8) is 0 Å². The lowest BCUT2D eigenvalue weighted by atomic mass is 10.2. The lowest BCUT2D eigenvalue weighted by Gasteiger charge is -2.10. The minimum absolute atomic E-state index is 0.182. The van der Waals surface area contributed by atoms with E-state index in [-0.39, 0.29) is 5.75 Å². The van der Waals surface area contributed by atoms with Crippen LogP contribution in [0, 0.1) is 11.6 Å². The third kappa shape index (κ3) is 3.47. The van der Waals surface area contributed by atoms with Crippen LogP contribution in [0.2, 0.25) is 0 Å². The number of aromatic carboxylic acids is 1. The summed E-state index contributed by atoms with van der Waals surface area (Å²) in [7, 11) is 0. The average Bonchev–Trinajstić information content (AvgIpc) is 2.43. The Morgan fingerprint density at radius 3 is 2.33 bits per heavy atom. The standard InChI is InChI=1S/C15H12F2O4/c1-2-20-10-4-3-5-11(8-10)21-14-12(16)6-9(15(18)19)7-13(14)17/h3-8H,2H2,1H3,(H,18,19). The molecule has 0 aromatic heterocycles. The molecule has 2 aromatic carbocycles. The Bertz CT molecular complexity index is 647. The third-order valence-corrected chi connectivity index (χ3v) is 2.58. The first kappa shape index (κ1) is 14.8. The third-order valence-electron chi connectivity index (χ3n) is 2.58. The molecule has 0 amide bonds. The molecule has 0 aliphatic rings. The van der Waals surface area contributed by atoms with E-state index in [2.05, 4.69) is 0 Å². The molecule has 0 aliphatic carbocycles. The van der Waals surface area contributed by atoms with Gasteiger partial charge < -0.3 is 14.6 Å². The Hall–Kier alpha value is -2.63. The maximum absolute atomic E-state index is 13.7. The van der Waals surface area contributed by atoms with Crippen LogP contribution in [0.3, 0.4) is 0 Å². The van der Waals surface area contributed by atoms with Gasteiger partial charge in [0.05, 0.1) is 12.2 Å². The second kappa shape index (κ2) is 6.21. The van der Waals surface area contributed by atoms with Crippen LogP contribution >= 0.6 is 0 Å². The van der Waals surface area contributed by atoms with E-state index in [1.165, 1.54) is 12.1 Å². The van der Waals surface area contributed by atoms with Crippen LogP contribution in [0.15, 0.2) is 36.4 Å². The van der Waals surface area contributed by atoms with Crippen LogP contribution < -0.4 is 9.47 Å². The van der Waals surface area contributed by atoms with Crippen LogP contribution in [0.25, 0.3) is 0 Å². The molecule has 0 atom stereocenters. The first-order valence-electron chi connectivity index (χ1n) is 6.14. The fourth-order valence-corrected chi connectivity index (χ4v) is 1.69. The fourth-order valence-electron chi connectivity index (χ4n) is 1.69. The van der Waals surface area contributed by atoms with Crippen molar-refractivity contribution >= 4 is 5.97 Å². The Balaban J connectivity index is 2.31. The van der Waals surface area contributed by atoms with Gasteiger partial charge in [0.1, 0.15) is 11.5 Å². The number of carboxylic acids is 1. The minimum Gasteiger partial charge on any atom is -0.494 e. The van der Waals surface area contributed by atoms with Crippen molar-refractivity contribution in [2.24, 2.45) is 0 Å². The summed E-state index contributed by atoms with van der Waals surface area (Å²) >= 11 is 0. The monoisotopic (exact) mass is 294 g/mol. The van der Waals surface area contributed by atoms with Gasteiger partial charge in [0.15, 0.2) is 17.4 Å². The van der Waals surface area contributed by atoms with Gasteiger partial charge in [0.25, 0.3) is 0 Å². The van der Waals surface area contributed by atoms with Gasteiger partial charge >= 0.3 is 5.97 Å². The van der Waals surface area contributed by atoms with Crippen LogP contribution in [-0.4, -0.2) is 17.7 Å². The minimum atomic E-state index is -1.42. The summed E-state index contributed by atoms with van der Waals surface area (Å²) < 4.78 is 37.9. The number of halogens is 2. The molecule has 4 nitrogen and oxygen atoms in total. The van der Waals surface area contributed by atoms with Crippen LogP contribution in [0.5, 0.6) is 17.2 Å². The summed E-state index contributed by atoms with van der Waals surface area (Å²) in [5, 5.41) is 8.72. The molecule has 0 saturated carbocycles. The molecule has 0 radical (unpaired) electrons. The van der Waals surface area contributed by atoms with Gasteiger partial charge in [-0.05, 0) is 31.2 Å². The summed E-state index contributed by atoms with van der Waals surface area (Å²) in [6, 6.07) is 7.68. The van der Waals surface area contributed by atoms with Crippen LogP contribution in [0.1, 0.15) is 17.3 Å². The first-order valence-corrected chi connectivity index (χ1v) is 6.14. The highest BCUT2D eigenvalue weighted by atomic mass is 19.1. The number of hydrogen-bond acceptors (Lipinski definition) is 3. The molecule has 0 fully saturated rings. The lowest BCUT2D eigenvalue weighted by Crippen LogP contribution is -2.01. The molecule has 2 aromatic rings. The number of hydrogen-bond donors (Lipinski definition) is 1. The molecule has 6 heteroatoms. The maximum atomic E-state index is 13.7. The molecule has 1 N–H and O–H groups in total. The summed E-state index contributed by atoms with van der Waals surface area (Å²) in [5.74, 6) is -3.57. The highest BCUT2D eigenvalue weighted by molar-refractivity contribution is 5.87. The van der Waals surface area contributed by atoms with Crippen molar-refractivity contribution in [3.05, 3.63) is 53.6 Å². The van der Waals surface area contributed by atoms with Crippen molar-refractivity contribution < 1.29 is 28.2 Å². The Morgan fingerprint density at radius 1 is 1.14 bits per heavy atom. The van der Waals surface area contributed by atoms with Gasteiger partial charge in [-0.25, -0.2) is 13.6 Å². The summed E-state index contributed by atoms with van der Waals surface area (Å²) in [5.41, 5.74) is -0.486. The molecule has 0 heterocycles. The largest absolute Gasteiger partial charge is 0.494 e. The molecule has 0 saturated heterocycles. The van der Waals surface area contributed by atoms with E-state index in [9.17, 15) is 13.6 Å². The molecule has 0 bridgehead atoms. The highest BCUT2D eigenvalue weighted by Crippen LogP contribution is 2.30. The smallest absolute Gasteiger partial charge is 0.335 e. The zero-order chi connectivity index (χ0) is 15.4. The van der Waals surface area contributed by atoms with Gasteiger partial charge in [0, 0.05) is 6.07 Å². The molecule has 21 heavy (non-hydrogen) atoms. The van der Waals surface area contributed by atoms with E-state index in [1.807, 2.05) is 0 Å². The van der Waals surface area contributed by atoms with E-state index < -0.39 is 28.9 Å². The van der Waals surface area contributed by atoms with Crippen molar-refractivity contribution in [3.8, 4) is 17.2 Å². The molecule has 2 rings (SSSR count). The predicted octanol–water partition coefficient (Wildman–Crippen LogP) is 3.85. The Kier molecular flexibility index (Phi) is 4.37. The van der Waals surface area contributed by atoms with E-state index in [0.717, 1.165) is 0 Å². The average molecular weight is 294 g/mol. The fraction of sp³-hybridized carbons (Fsp3) is 0.133. The maximum Gasteiger partial charge on any atom is 0.335 e. The molecule has 0 aliphatic heterocycles. The predicted molar refractivity (Wildman–Crippen MR) is 71.0 cm³/mol. The molecular formula is C15H12F2O4. The van der Waals surface area contributed by atoms with Gasteiger partial charge in [-0.2, -0.15) is 0 Å². The summed E-state index contributed by atoms with van der Waals surface area (Å²) in [6.45, 7) is 2.25. The van der Waals surface area contributed by atoms with Crippen LogP contribution in [0.4, 0.5) is 8.78 Å². The second-order valence-electron chi connectivity index (χ2n) is 4.08. The number of carbonyl (C=O) groups is 1. The topological polar surface area (TPSA) is 55.8 Å². The Labute approximate surface area is 119 Å². The Morgan fingerprint density at radius 2 is 1.76 bits per heavy atom.